The first kappa shape index (κ1) is 19.3. The van der Waals surface area contributed by atoms with Crippen molar-refractivity contribution >= 4 is 29.3 Å². The molecule has 0 saturated heterocycles. The van der Waals surface area contributed by atoms with E-state index in [0.717, 1.165) is 11.1 Å². The van der Waals surface area contributed by atoms with E-state index >= 15 is 0 Å². The van der Waals surface area contributed by atoms with E-state index in [9.17, 15) is 4.79 Å². The van der Waals surface area contributed by atoms with Crippen molar-refractivity contribution in [3.8, 4) is 11.4 Å². The van der Waals surface area contributed by atoms with Gasteiger partial charge in [-0.25, -0.2) is 25.8 Å². The number of rotatable bonds is 6. The number of nitrogens with one attached hydrogen (secondary N) is 4. The lowest BCUT2D eigenvalue weighted by molar-refractivity contribution is 0.771. The summed E-state index contributed by atoms with van der Waals surface area (Å²) in [5.74, 6) is 1.21. The van der Waals surface area contributed by atoms with Crippen LogP contribution in [0.5, 0.6) is 0 Å². The SMILES string of the molecule is N=Nc1ccc(Cn2cnc3c2N=CNc2c-3[nH]c(=O)n2Cc2ccc(N=N)cc2)cc1. The van der Waals surface area contributed by atoms with Crippen molar-refractivity contribution < 1.29 is 0 Å². The number of anilines is 1. The van der Waals surface area contributed by atoms with Gasteiger partial charge in [-0.2, -0.15) is 10.2 Å². The van der Waals surface area contributed by atoms with Crippen LogP contribution in [0.3, 0.4) is 0 Å². The Balaban J connectivity index is 1.48. The number of benzene rings is 2. The van der Waals surface area contributed by atoms with Crippen molar-refractivity contribution in [2.24, 2.45) is 15.2 Å². The molecular weight excluding hydrogens is 408 g/mol. The molecule has 5 rings (SSSR count). The molecule has 4 N–H and O–H groups in total. The fraction of sp³-hybridized carbons (Fsp3) is 0.0952. The van der Waals surface area contributed by atoms with E-state index in [-0.39, 0.29) is 5.69 Å². The van der Waals surface area contributed by atoms with Crippen molar-refractivity contribution in [2.45, 2.75) is 13.1 Å². The van der Waals surface area contributed by atoms with Crippen LogP contribution in [0.25, 0.3) is 11.4 Å². The maximum atomic E-state index is 12.7. The van der Waals surface area contributed by atoms with Crippen LogP contribution in [0.2, 0.25) is 0 Å². The van der Waals surface area contributed by atoms with Crippen LogP contribution >= 0.6 is 0 Å². The normalized spacial score (nSPS) is 11.9. The number of imidazole rings is 2. The summed E-state index contributed by atoms with van der Waals surface area (Å²) in [4.78, 5) is 24.7. The van der Waals surface area contributed by atoms with Crippen LogP contribution in [0, 0.1) is 11.1 Å². The molecule has 0 atom stereocenters. The third-order valence-electron chi connectivity index (χ3n) is 5.24. The van der Waals surface area contributed by atoms with Gasteiger partial charge in [0.25, 0.3) is 0 Å². The molecule has 11 heteroatoms. The Morgan fingerprint density at radius 3 is 2.16 bits per heavy atom. The van der Waals surface area contributed by atoms with Crippen LogP contribution < -0.4 is 11.0 Å². The lowest BCUT2D eigenvalue weighted by atomic mass is 10.2. The van der Waals surface area contributed by atoms with Gasteiger partial charge in [0.2, 0.25) is 0 Å². The van der Waals surface area contributed by atoms with E-state index in [1.165, 1.54) is 0 Å². The molecule has 158 valence electrons. The fourth-order valence-electron chi connectivity index (χ4n) is 3.63. The zero-order valence-electron chi connectivity index (χ0n) is 16.8. The van der Waals surface area contributed by atoms with Gasteiger partial charge in [-0.05, 0) is 35.4 Å². The third-order valence-corrected chi connectivity index (χ3v) is 5.24. The summed E-state index contributed by atoms with van der Waals surface area (Å²) in [6.45, 7) is 0.874. The first-order valence-electron chi connectivity index (χ1n) is 9.76. The van der Waals surface area contributed by atoms with Crippen molar-refractivity contribution in [1.29, 1.82) is 11.1 Å². The number of hydrogen-bond acceptors (Lipinski definition) is 8. The monoisotopic (exact) mass is 426 g/mol. The number of fused-ring (bicyclic) bond motifs is 3. The fourth-order valence-corrected chi connectivity index (χ4v) is 3.63. The molecule has 11 nitrogen and oxygen atoms in total. The molecule has 1 aliphatic rings. The predicted molar refractivity (Wildman–Crippen MR) is 119 cm³/mol. The first-order chi connectivity index (χ1) is 15.7. The molecule has 4 aromatic rings. The zero-order chi connectivity index (χ0) is 22.1. The minimum Gasteiger partial charge on any atom is -0.330 e. The molecule has 0 saturated carbocycles. The summed E-state index contributed by atoms with van der Waals surface area (Å²) in [6.07, 6.45) is 3.25. The predicted octanol–water partition coefficient (Wildman–Crippen LogP) is 4.55. The highest BCUT2D eigenvalue weighted by atomic mass is 16.1. The molecule has 3 heterocycles. The van der Waals surface area contributed by atoms with Crippen molar-refractivity contribution in [3.05, 3.63) is 76.5 Å². The molecular formula is C21H18N10O. The molecule has 0 spiro atoms. The van der Waals surface area contributed by atoms with E-state index in [1.807, 2.05) is 28.8 Å². The summed E-state index contributed by atoms with van der Waals surface area (Å²) in [5, 5.41) is 9.91. The number of hydrogen-bond donors (Lipinski definition) is 4. The summed E-state index contributed by atoms with van der Waals surface area (Å²) in [5.41, 5.74) is 18.1. The van der Waals surface area contributed by atoms with Crippen LogP contribution in [0.1, 0.15) is 11.1 Å². The Hall–Kier alpha value is -4.67. The quantitative estimate of drug-likeness (QED) is 0.335. The second-order valence-corrected chi connectivity index (χ2v) is 7.24. The number of nitrogens with zero attached hydrogens (tertiary/aromatic N) is 6. The molecule has 0 bridgehead atoms. The van der Waals surface area contributed by atoms with E-state index < -0.39 is 0 Å². The van der Waals surface area contributed by atoms with Gasteiger partial charge in [-0.3, -0.25) is 4.57 Å². The molecule has 1 aliphatic heterocycles. The van der Waals surface area contributed by atoms with E-state index in [4.69, 9.17) is 11.1 Å². The highest BCUT2D eigenvalue weighted by molar-refractivity contribution is 5.90. The summed E-state index contributed by atoms with van der Waals surface area (Å²) in [7, 11) is 0. The van der Waals surface area contributed by atoms with Crippen LogP contribution in [-0.4, -0.2) is 25.4 Å². The average molecular weight is 426 g/mol. The van der Waals surface area contributed by atoms with Gasteiger partial charge in [-0.15, -0.1) is 0 Å². The first-order valence-corrected chi connectivity index (χ1v) is 9.76. The zero-order valence-corrected chi connectivity index (χ0v) is 16.8. The number of aromatic amines is 1. The van der Waals surface area contributed by atoms with E-state index in [0.29, 0.717) is 47.5 Å². The van der Waals surface area contributed by atoms with Crippen LogP contribution in [0.4, 0.5) is 23.0 Å². The van der Waals surface area contributed by atoms with Crippen molar-refractivity contribution in [3.63, 3.8) is 0 Å². The minimum atomic E-state index is -0.262. The lowest BCUT2D eigenvalue weighted by Gasteiger charge is -2.07. The smallest absolute Gasteiger partial charge is 0.327 e. The van der Waals surface area contributed by atoms with Gasteiger partial charge in [0, 0.05) is 0 Å². The Morgan fingerprint density at radius 1 is 0.906 bits per heavy atom. The van der Waals surface area contributed by atoms with Gasteiger partial charge >= 0.3 is 5.69 Å². The van der Waals surface area contributed by atoms with Gasteiger partial charge in [-0.1, -0.05) is 24.3 Å². The Morgan fingerprint density at radius 2 is 1.53 bits per heavy atom. The van der Waals surface area contributed by atoms with E-state index in [1.54, 1.807) is 41.5 Å². The standard InChI is InChI=1S/C21H18N10O/c22-28-15-5-1-13(2-6-15)9-30-12-26-17-18-20(25-11-24-19(17)30)31(21(32)27-18)10-14-3-7-16(29-23)8-4-14/h1-8,11-12,22-23H,9-10H2,(H,24,25)(H,27,32). The maximum Gasteiger partial charge on any atom is 0.327 e. The van der Waals surface area contributed by atoms with Crippen LogP contribution in [0.15, 0.2) is 74.9 Å². The largest absolute Gasteiger partial charge is 0.330 e. The molecule has 0 unspecified atom stereocenters. The van der Waals surface area contributed by atoms with Gasteiger partial charge in [0.1, 0.15) is 17.2 Å². The topological polar surface area (TPSA) is 152 Å². The third kappa shape index (κ3) is 3.41. The second-order valence-electron chi connectivity index (χ2n) is 7.24. The molecule has 0 fully saturated rings. The van der Waals surface area contributed by atoms with Gasteiger partial charge < -0.3 is 14.9 Å². The van der Waals surface area contributed by atoms with Crippen LogP contribution in [-0.2, 0) is 13.1 Å². The second kappa shape index (κ2) is 7.87. The Kier molecular flexibility index (Phi) is 4.75. The Bertz CT molecular complexity index is 1390. The maximum absolute atomic E-state index is 12.7. The number of H-pyrrole nitrogens is 1. The highest BCUT2D eigenvalue weighted by Crippen LogP contribution is 2.34. The molecule has 0 radical (unpaired) electrons. The van der Waals surface area contributed by atoms with Crippen molar-refractivity contribution in [2.75, 3.05) is 5.32 Å². The highest BCUT2D eigenvalue weighted by Gasteiger charge is 2.23. The van der Waals surface area contributed by atoms with Gasteiger partial charge in [0.15, 0.2) is 5.82 Å². The molecule has 0 aliphatic carbocycles. The lowest BCUT2D eigenvalue weighted by Crippen LogP contribution is -2.19. The number of aliphatic imine (C=N–C) groups is 1. The summed E-state index contributed by atoms with van der Waals surface area (Å²) >= 11 is 0. The number of aromatic nitrogens is 4. The van der Waals surface area contributed by atoms with E-state index in [2.05, 4.69) is 30.5 Å². The average Bonchev–Trinajstić information content (AvgIpc) is 3.29. The molecule has 2 aromatic heterocycles. The summed E-state index contributed by atoms with van der Waals surface area (Å²) in [6, 6.07) is 14.5. The molecule has 2 aromatic carbocycles. The minimum absolute atomic E-state index is 0.262. The molecule has 32 heavy (non-hydrogen) atoms. The Labute approximate surface area is 181 Å². The summed E-state index contributed by atoms with van der Waals surface area (Å²) < 4.78 is 3.49. The molecule has 0 amide bonds. The van der Waals surface area contributed by atoms with Crippen molar-refractivity contribution in [1.82, 2.24) is 19.1 Å². The van der Waals surface area contributed by atoms with Gasteiger partial charge in [0.05, 0.1) is 37.1 Å².